The molecule has 0 radical (unpaired) electrons. The van der Waals surface area contributed by atoms with Gasteiger partial charge in [0.05, 0.1) is 27.7 Å². The van der Waals surface area contributed by atoms with Crippen molar-refractivity contribution in [3.8, 4) is 0 Å². The molecule has 1 N–H and O–H groups in total. The largest absolute Gasteiger partial charge is 0.472 e. The number of esters is 2. The van der Waals surface area contributed by atoms with E-state index in [-0.39, 0.29) is 13.2 Å². The van der Waals surface area contributed by atoms with E-state index >= 15 is 0 Å². The minimum Gasteiger partial charge on any atom is -0.458 e. The molecule has 0 spiro atoms. The zero-order valence-corrected chi connectivity index (χ0v) is 15.1. The normalized spacial score (nSPS) is 15.0. The average Bonchev–Trinajstić information content (AvgIpc) is 2.47. The summed E-state index contributed by atoms with van der Waals surface area (Å²) in [4.78, 5) is 31.9. The number of phosphoric acid groups is 1. The Balaban J connectivity index is 4.51. The predicted molar refractivity (Wildman–Crippen MR) is 85.9 cm³/mol. The lowest BCUT2D eigenvalue weighted by molar-refractivity contribution is -0.870. The van der Waals surface area contributed by atoms with Gasteiger partial charge >= 0.3 is 19.8 Å². The van der Waals surface area contributed by atoms with E-state index in [4.69, 9.17) is 18.5 Å². The van der Waals surface area contributed by atoms with E-state index in [2.05, 4.69) is 13.2 Å². The Morgan fingerprint density at radius 2 is 1.71 bits per heavy atom. The fourth-order valence-corrected chi connectivity index (χ4v) is 1.95. The maximum Gasteiger partial charge on any atom is 0.472 e. The SMILES string of the molecule is C=CC(=O)OC[C@H](COP(=O)(O)OCC[N+](C)(C)C)OC(=O)C=C. The predicted octanol–water partition coefficient (Wildman–Crippen LogP) is 0.653. The Morgan fingerprint density at radius 1 is 1.12 bits per heavy atom. The first-order chi connectivity index (χ1) is 11.0. The number of quaternary nitrogens is 1. The molecule has 0 aliphatic carbocycles. The molecule has 10 heteroatoms. The molecule has 0 aromatic rings. The summed E-state index contributed by atoms with van der Waals surface area (Å²) >= 11 is 0. The number of hydrogen-bond acceptors (Lipinski definition) is 7. The van der Waals surface area contributed by atoms with Gasteiger partial charge < -0.3 is 18.9 Å². The number of carbonyl (C=O) groups is 2. The third-order valence-electron chi connectivity index (χ3n) is 2.47. The number of carbonyl (C=O) groups excluding carboxylic acids is 2. The van der Waals surface area contributed by atoms with Gasteiger partial charge in [0.15, 0.2) is 6.10 Å². The van der Waals surface area contributed by atoms with Crippen molar-refractivity contribution in [2.45, 2.75) is 6.10 Å². The van der Waals surface area contributed by atoms with Crippen LogP contribution >= 0.6 is 7.82 Å². The molecule has 24 heavy (non-hydrogen) atoms. The maximum absolute atomic E-state index is 11.8. The van der Waals surface area contributed by atoms with Crippen LogP contribution in [0.1, 0.15) is 0 Å². The zero-order chi connectivity index (χ0) is 18.8. The molecule has 0 bridgehead atoms. The summed E-state index contributed by atoms with van der Waals surface area (Å²) in [6.07, 6.45) is 0.735. The number of hydrogen-bond donors (Lipinski definition) is 1. The van der Waals surface area contributed by atoms with Crippen LogP contribution in [0.25, 0.3) is 0 Å². The molecule has 0 aromatic heterocycles. The summed E-state index contributed by atoms with van der Waals surface area (Å²) in [6, 6.07) is 0. The maximum atomic E-state index is 11.8. The van der Waals surface area contributed by atoms with Crippen LogP contribution in [0.4, 0.5) is 0 Å². The minimum absolute atomic E-state index is 0.000159. The van der Waals surface area contributed by atoms with Gasteiger partial charge in [0.1, 0.15) is 19.8 Å². The van der Waals surface area contributed by atoms with E-state index < -0.39 is 32.5 Å². The van der Waals surface area contributed by atoms with Crippen molar-refractivity contribution >= 4 is 19.8 Å². The topological polar surface area (TPSA) is 108 Å². The highest BCUT2D eigenvalue weighted by atomic mass is 31.2. The molecule has 0 rings (SSSR count). The molecular weight excluding hydrogens is 341 g/mol. The van der Waals surface area contributed by atoms with Crippen molar-refractivity contribution in [2.24, 2.45) is 0 Å². The van der Waals surface area contributed by atoms with Crippen LogP contribution in [-0.4, -0.2) is 74.9 Å². The molecule has 0 amide bonds. The summed E-state index contributed by atoms with van der Waals surface area (Å²) in [5.74, 6) is -1.53. The molecule has 0 heterocycles. The second-order valence-corrected chi connectivity index (χ2v) is 7.16. The summed E-state index contributed by atoms with van der Waals surface area (Å²) in [6.45, 7) is 6.06. The Morgan fingerprint density at radius 3 is 2.21 bits per heavy atom. The summed E-state index contributed by atoms with van der Waals surface area (Å²) in [7, 11) is 1.36. The molecule has 2 atom stereocenters. The highest BCUT2D eigenvalue weighted by Gasteiger charge is 2.26. The first kappa shape index (κ1) is 22.5. The van der Waals surface area contributed by atoms with Crippen LogP contribution in [0.5, 0.6) is 0 Å². The van der Waals surface area contributed by atoms with Gasteiger partial charge in [0, 0.05) is 12.2 Å². The van der Waals surface area contributed by atoms with Crippen LogP contribution in [0.15, 0.2) is 25.3 Å². The Hall–Kier alpha value is -1.51. The molecule has 0 saturated heterocycles. The second-order valence-electron chi connectivity index (χ2n) is 5.71. The Kier molecular flexibility index (Phi) is 9.72. The van der Waals surface area contributed by atoms with Gasteiger partial charge in [-0.15, -0.1) is 0 Å². The van der Waals surface area contributed by atoms with E-state index in [0.29, 0.717) is 11.0 Å². The fourth-order valence-electron chi connectivity index (χ4n) is 1.21. The van der Waals surface area contributed by atoms with E-state index in [1.807, 2.05) is 21.1 Å². The molecule has 1 unspecified atom stereocenters. The number of phosphoric ester groups is 1. The number of rotatable bonds is 12. The Labute approximate surface area is 141 Å². The van der Waals surface area contributed by atoms with Gasteiger partial charge in [-0.1, -0.05) is 13.2 Å². The molecule has 138 valence electrons. The van der Waals surface area contributed by atoms with Crippen LogP contribution in [0.2, 0.25) is 0 Å². The van der Waals surface area contributed by atoms with Crippen LogP contribution in [0.3, 0.4) is 0 Å². The Bertz CT molecular complexity index is 499. The van der Waals surface area contributed by atoms with Crippen molar-refractivity contribution < 1.29 is 42.1 Å². The van der Waals surface area contributed by atoms with Gasteiger partial charge in [-0.05, 0) is 0 Å². The molecule has 9 nitrogen and oxygen atoms in total. The van der Waals surface area contributed by atoms with Crippen molar-refractivity contribution in [3.05, 3.63) is 25.3 Å². The lowest BCUT2D eigenvalue weighted by atomic mass is 10.4. The number of likely N-dealkylation sites (N-methyl/N-ethyl adjacent to an activating group) is 1. The molecule has 0 saturated carbocycles. The first-order valence-electron chi connectivity index (χ1n) is 7.03. The number of ether oxygens (including phenoxy) is 2. The first-order valence-corrected chi connectivity index (χ1v) is 8.53. The van der Waals surface area contributed by atoms with Crippen molar-refractivity contribution in [1.29, 1.82) is 0 Å². The lowest BCUT2D eigenvalue weighted by Gasteiger charge is -2.24. The standard InChI is InChI=1S/C14H24NO8P/c1-6-13(16)20-10-12(23-14(17)7-2)11-22-24(18,19)21-9-8-15(3,4)5/h6-7,12H,1-2,8-11H2,3-5H3/p+1/t12-/m1/s1. The van der Waals surface area contributed by atoms with Crippen molar-refractivity contribution in [2.75, 3.05) is 47.5 Å². The summed E-state index contributed by atoms with van der Waals surface area (Å²) < 4.78 is 31.5. The van der Waals surface area contributed by atoms with Gasteiger partial charge in [0.2, 0.25) is 0 Å². The monoisotopic (exact) mass is 366 g/mol. The fraction of sp³-hybridized carbons (Fsp3) is 0.571. The molecular formula is C14H25NO8P+. The highest BCUT2D eigenvalue weighted by molar-refractivity contribution is 7.47. The molecule has 0 aromatic carbocycles. The van der Waals surface area contributed by atoms with E-state index in [0.717, 1.165) is 12.2 Å². The van der Waals surface area contributed by atoms with Gasteiger partial charge in [-0.25, -0.2) is 14.2 Å². The van der Waals surface area contributed by atoms with E-state index in [1.54, 1.807) is 0 Å². The van der Waals surface area contributed by atoms with Gasteiger partial charge in [0.25, 0.3) is 0 Å². The molecule has 0 aliphatic heterocycles. The van der Waals surface area contributed by atoms with Crippen LogP contribution < -0.4 is 0 Å². The molecule has 0 fully saturated rings. The highest BCUT2D eigenvalue weighted by Crippen LogP contribution is 2.43. The van der Waals surface area contributed by atoms with E-state index in [9.17, 15) is 19.0 Å². The van der Waals surface area contributed by atoms with E-state index in [1.165, 1.54) is 0 Å². The van der Waals surface area contributed by atoms with Crippen LogP contribution in [0, 0.1) is 0 Å². The zero-order valence-electron chi connectivity index (χ0n) is 14.2. The summed E-state index contributed by atoms with van der Waals surface area (Å²) in [5.41, 5.74) is 0. The van der Waals surface area contributed by atoms with Crippen LogP contribution in [-0.2, 0) is 32.7 Å². The second kappa shape index (κ2) is 10.4. The smallest absolute Gasteiger partial charge is 0.458 e. The summed E-state index contributed by atoms with van der Waals surface area (Å²) in [5, 5.41) is 0. The third-order valence-corrected chi connectivity index (χ3v) is 3.45. The molecule has 0 aliphatic rings. The van der Waals surface area contributed by atoms with Gasteiger partial charge in [-0.3, -0.25) is 9.05 Å². The quantitative estimate of drug-likeness (QED) is 0.232. The minimum atomic E-state index is -4.33. The van der Waals surface area contributed by atoms with Gasteiger partial charge in [-0.2, -0.15) is 0 Å². The number of nitrogens with zero attached hydrogens (tertiary/aromatic N) is 1. The third kappa shape index (κ3) is 12.0. The lowest BCUT2D eigenvalue weighted by Crippen LogP contribution is -2.37. The van der Waals surface area contributed by atoms with Crippen molar-refractivity contribution in [3.63, 3.8) is 0 Å². The average molecular weight is 366 g/mol. The van der Waals surface area contributed by atoms with Crippen molar-refractivity contribution in [1.82, 2.24) is 0 Å².